The quantitative estimate of drug-likeness (QED) is 0.911. The summed E-state index contributed by atoms with van der Waals surface area (Å²) in [5.74, 6) is -0.0789. The second-order valence-electron chi connectivity index (χ2n) is 3.41. The topological polar surface area (TPSA) is 40.5 Å². The predicted octanol–water partition coefficient (Wildman–Crippen LogP) is 1.82. The van der Waals surface area contributed by atoms with Crippen LogP contribution < -0.4 is 0 Å². The van der Waals surface area contributed by atoms with E-state index in [4.69, 9.17) is 5.11 Å². The Morgan fingerprint density at radius 2 is 2.20 bits per heavy atom. The molecule has 4 heteroatoms. The smallest absolute Gasteiger partial charge is 0.253 e. The molecular formula is C11H14BrNO2. The number of nitrogens with zero attached hydrogens (tertiary/aromatic N) is 1. The van der Waals surface area contributed by atoms with Gasteiger partial charge in [0.1, 0.15) is 0 Å². The van der Waals surface area contributed by atoms with Crippen LogP contribution in [0, 0.1) is 6.92 Å². The van der Waals surface area contributed by atoms with Crippen molar-refractivity contribution in [1.82, 2.24) is 4.90 Å². The second kappa shape index (κ2) is 5.28. The van der Waals surface area contributed by atoms with Gasteiger partial charge in [0.05, 0.1) is 6.61 Å². The fourth-order valence-electron chi connectivity index (χ4n) is 1.20. The van der Waals surface area contributed by atoms with Crippen LogP contribution >= 0.6 is 15.9 Å². The molecule has 0 saturated heterocycles. The van der Waals surface area contributed by atoms with Gasteiger partial charge in [-0.25, -0.2) is 0 Å². The summed E-state index contributed by atoms with van der Waals surface area (Å²) in [5, 5.41) is 8.73. The number of carbonyl (C=O) groups is 1. The van der Waals surface area contributed by atoms with E-state index in [0.717, 1.165) is 10.0 Å². The molecule has 0 aliphatic carbocycles. The maximum atomic E-state index is 11.8. The lowest BCUT2D eigenvalue weighted by atomic mass is 10.1. The molecule has 15 heavy (non-hydrogen) atoms. The fraction of sp³-hybridized carbons (Fsp3) is 0.364. The van der Waals surface area contributed by atoms with Gasteiger partial charge in [-0.2, -0.15) is 0 Å². The van der Waals surface area contributed by atoms with Crippen LogP contribution in [-0.4, -0.2) is 36.1 Å². The van der Waals surface area contributed by atoms with Crippen LogP contribution in [0.1, 0.15) is 15.9 Å². The van der Waals surface area contributed by atoms with Crippen LogP contribution in [-0.2, 0) is 0 Å². The SMILES string of the molecule is Cc1ccc(C(=O)N(C)CCO)cc1Br. The molecule has 1 amide bonds. The molecule has 0 aliphatic heterocycles. The number of aliphatic hydroxyl groups is 1. The van der Waals surface area contributed by atoms with E-state index in [0.29, 0.717) is 12.1 Å². The predicted molar refractivity (Wildman–Crippen MR) is 62.9 cm³/mol. The van der Waals surface area contributed by atoms with Crippen LogP contribution in [0.2, 0.25) is 0 Å². The van der Waals surface area contributed by atoms with Gasteiger partial charge in [0.25, 0.3) is 5.91 Å². The molecule has 1 rings (SSSR count). The standard InChI is InChI=1S/C11H14BrNO2/c1-8-3-4-9(7-10(8)12)11(15)13(2)5-6-14/h3-4,7,14H,5-6H2,1-2H3. The van der Waals surface area contributed by atoms with Crippen LogP contribution in [0.4, 0.5) is 0 Å². The van der Waals surface area contributed by atoms with Crippen molar-refractivity contribution in [2.75, 3.05) is 20.2 Å². The Morgan fingerprint density at radius 1 is 1.53 bits per heavy atom. The second-order valence-corrected chi connectivity index (χ2v) is 4.27. The third-order valence-electron chi connectivity index (χ3n) is 2.20. The first kappa shape index (κ1) is 12.2. The molecule has 82 valence electrons. The normalized spacial score (nSPS) is 10.1. The van der Waals surface area contributed by atoms with Gasteiger partial charge in [-0.3, -0.25) is 4.79 Å². The average Bonchev–Trinajstić information content (AvgIpc) is 2.21. The van der Waals surface area contributed by atoms with E-state index in [-0.39, 0.29) is 12.5 Å². The van der Waals surface area contributed by atoms with Crippen molar-refractivity contribution in [1.29, 1.82) is 0 Å². The molecule has 0 saturated carbocycles. The van der Waals surface area contributed by atoms with Gasteiger partial charge in [0.2, 0.25) is 0 Å². The van der Waals surface area contributed by atoms with Gasteiger partial charge in [0, 0.05) is 23.6 Å². The summed E-state index contributed by atoms with van der Waals surface area (Å²) in [6.07, 6.45) is 0. The molecule has 3 nitrogen and oxygen atoms in total. The lowest BCUT2D eigenvalue weighted by Crippen LogP contribution is -2.29. The van der Waals surface area contributed by atoms with Gasteiger partial charge in [0.15, 0.2) is 0 Å². The average molecular weight is 272 g/mol. The van der Waals surface area contributed by atoms with Gasteiger partial charge in [-0.15, -0.1) is 0 Å². The van der Waals surface area contributed by atoms with Crippen molar-refractivity contribution in [3.8, 4) is 0 Å². The first-order valence-corrected chi connectivity index (χ1v) is 5.48. The molecule has 1 aromatic carbocycles. The number of hydrogen-bond donors (Lipinski definition) is 1. The Hall–Kier alpha value is -0.870. The monoisotopic (exact) mass is 271 g/mol. The van der Waals surface area contributed by atoms with Crippen LogP contribution in [0.25, 0.3) is 0 Å². The van der Waals surface area contributed by atoms with Crippen molar-refractivity contribution >= 4 is 21.8 Å². The minimum absolute atomic E-state index is 0.0186. The van der Waals surface area contributed by atoms with E-state index in [2.05, 4.69) is 15.9 Å². The minimum Gasteiger partial charge on any atom is -0.395 e. The van der Waals surface area contributed by atoms with Crippen molar-refractivity contribution in [3.05, 3.63) is 33.8 Å². The summed E-state index contributed by atoms with van der Waals surface area (Å²) in [4.78, 5) is 13.3. The number of amides is 1. The zero-order valence-electron chi connectivity index (χ0n) is 8.83. The number of rotatable bonds is 3. The number of aliphatic hydroxyl groups excluding tert-OH is 1. The van der Waals surface area contributed by atoms with Crippen molar-refractivity contribution in [2.45, 2.75) is 6.92 Å². The third kappa shape index (κ3) is 3.04. The van der Waals surface area contributed by atoms with Crippen LogP contribution in [0.15, 0.2) is 22.7 Å². The highest BCUT2D eigenvalue weighted by atomic mass is 79.9. The highest BCUT2D eigenvalue weighted by molar-refractivity contribution is 9.10. The maximum Gasteiger partial charge on any atom is 0.253 e. The summed E-state index contributed by atoms with van der Waals surface area (Å²) in [6.45, 7) is 2.30. The highest BCUT2D eigenvalue weighted by Crippen LogP contribution is 2.18. The first-order valence-electron chi connectivity index (χ1n) is 4.68. The summed E-state index contributed by atoms with van der Waals surface area (Å²) in [6, 6.07) is 5.48. The number of aryl methyl sites for hydroxylation is 1. The molecule has 1 N–H and O–H groups in total. The fourth-order valence-corrected chi connectivity index (χ4v) is 1.58. The molecule has 0 bridgehead atoms. The minimum atomic E-state index is -0.0789. The number of halogens is 1. The maximum absolute atomic E-state index is 11.8. The van der Waals surface area contributed by atoms with Gasteiger partial charge in [-0.1, -0.05) is 22.0 Å². The Balaban J connectivity index is 2.87. The summed E-state index contributed by atoms with van der Waals surface area (Å²) in [7, 11) is 1.67. The molecule has 0 aliphatic rings. The van der Waals surface area contributed by atoms with E-state index >= 15 is 0 Å². The van der Waals surface area contributed by atoms with E-state index < -0.39 is 0 Å². The van der Waals surface area contributed by atoms with E-state index in [1.54, 1.807) is 19.2 Å². The number of likely N-dealkylation sites (N-methyl/N-ethyl adjacent to an activating group) is 1. The Kier molecular flexibility index (Phi) is 4.29. The van der Waals surface area contributed by atoms with Crippen LogP contribution in [0.5, 0.6) is 0 Å². The molecule has 1 aromatic rings. The van der Waals surface area contributed by atoms with E-state index in [1.165, 1.54) is 4.90 Å². The lowest BCUT2D eigenvalue weighted by molar-refractivity contribution is 0.0767. The summed E-state index contributed by atoms with van der Waals surface area (Å²) < 4.78 is 0.922. The molecular weight excluding hydrogens is 258 g/mol. The molecule has 0 heterocycles. The van der Waals surface area contributed by atoms with Crippen molar-refractivity contribution in [3.63, 3.8) is 0 Å². The number of carbonyl (C=O) groups excluding carboxylic acids is 1. The Morgan fingerprint density at radius 3 is 2.73 bits per heavy atom. The molecule has 0 fully saturated rings. The molecule has 0 aromatic heterocycles. The Labute approximate surface area is 97.8 Å². The Bertz CT molecular complexity index is 366. The van der Waals surface area contributed by atoms with Gasteiger partial charge < -0.3 is 10.0 Å². The first-order chi connectivity index (χ1) is 7.06. The zero-order valence-corrected chi connectivity index (χ0v) is 10.4. The van der Waals surface area contributed by atoms with Crippen LogP contribution in [0.3, 0.4) is 0 Å². The summed E-state index contributed by atoms with van der Waals surface area (Å²) >= 11 is 3.38. The van der Waals surface area contributed by atoms with Crippen molar-refractivity contribution in [2.24, 2.45) is 0 Å². The third-order valence-corrected chi connectivity index (χ3v) is 3.06. The van der Waals surface area contributed by atoms with Gasteiger partial charge >= 0.3 is 0 Å². The molecule has 0 radical (unpaired) electrons. The number of benzene rings is 1. The van der Waals surface area contributed by atoms with Crippen molar-refractivity contribution < 1.29 is 9.90 Å². The zero-order chi connectivity index (χ0) is 11.4. The van der Waals surface area contributed by atoms with E-state index in [9.17, 15) is 4.79 Å². The number of hydrogen-bond acceptors (Lipinski definition) is 2. The largest absolute Gasteiger partial charge is 0.395 e. The van der Waals surface area contributed by atoms with E-state index in [1.807, 2.05) is 13.0 Å². The molecule has 0 unspecified atom stereocenters. The highest BCUT2D eigenvalue weighted by Gasteiger charge is 2.11. The molecule has 0 spiro atoms. The summed E-state index contributed by atoms with van der Waals surface area (Å²) in [5.41, 5.74) is 1.72. The lowest BCUT2D eigenvalue weighted by Gasteiger charge is -2.15. The van der Waals surface area contributed by atoms with Gasteiger partial charge in [-0.05, 0) is 24.6 Å². The molecule has 0 atom stereocenters.